The molecule has 1 fully saturated rings. The molecule has 1 aliphatic rings. The van der Waals surface area contributed by atoms with Crippen LogP contribution in [0.4, 0.5) is 0 Å². The van der Waals surface area contributed by atoms with Crippen LogP contribution in [-0.2, 0) is 0 Å². The van der Waals surface area contributed by atoms with Crippen molar-refractivity contribution in [3.8, 4) is 0 Å². The van der Waals surface area contributed by atoms with Crippen molar-refractivity contribution in [1.82, 2.24) is 10.1 Å². The highest BCUT2D eigenvalue weighted by Gasteiger charge is 2.33. The number of carbonyl (C=O) groups is 1. The maximum atomic E-state index is 12.9. The third-order valence-corrected chi connectivity index (χ3v) is 4.85. The van der Waals surface area contributed by atoms with E-state index in [1.165, 1.54) is 0 Å². The van der Waals surface area contributed by atoms with E-state index in [1.807, 2.05) is 43.0 Å². The molecule has 3 rings (SSSR count). The van der Waals surface area contributed by atoms with Crippen LogP contribution in [0.3, 0.4) is 0 Å². The molecule has 4 nitrogen and oxygen atoms in total. The van der Waals surface area contributed by atoms with E-state index in [-0.39, 0.29) is 11.9 Å². The van der Waals surface area contributed by atoms with Gasteiger partial charge in [0.05, 0.1) is 11.7 Å². The molecule has 0 aliphatic carbocycles. The Bertz CT molecular complexity index is 681. The molecular formula is C16H17BrN2O2. The Labute approximate surface area is 132 Å². The first kappa shape index (κ1) is 14.3. The molecule has 1 saturated heterocycles. The second-order valence-electron chi connectivity index (χ2n) is 5.44. The van der Waals surface area contributed by atoms with Crippen molar-refractivity contribution < 1.29 is 9.32 Å². The number of hydrogen-bond donors (Lipinski definition) is 0. The van der Waals surface area contributed by atoms with Crippen molar-refractivity contribution >= 4 is 21.8 Å². The molecule has 1 atom stereocenters. The molecule has 0 bridgehead atoms. The normalized spacial score (nSPS) is 18.2. The fourth-order valence-electron chi connectivity index (χ4n) is 2.84. The monoisotopic (exact) mass is 348 g/mol. The summed E-state index contributed by atoms with van der Waals surface area (Å²) in [6.07, 6.45) is 1.91. The maximum absolute atomic E-state index is 12.9. The van der Waals surface area contributed by atoms with E-state index in [4.69, 9.17) is 4.52 Å². The molecule has 110 valence electrons. The molecule has 1 aliphatic heterocycles. The van der Waals surface area contributed by atoms with E-state index in [2.05, 4.69) is 21.1 Å². The van der Waals surface area contributed by atoms with Crippen molar-refractivity contribution in [3.63, 3.8) is 0 Å². The van der Waals surface area contributed by atoms with Crippen molar-refractivity contribution in [3.05, 3.63) is 51.3 Å². The highest BCUT2D eigenvalue weighted by Crippen LogP contribution is 2.34. The summed E-state index contributed by atoms with van der Waals surface area (Å²) in [5.41, 5.74) is 2.57. The number of benzene rings is 1. The lowest BCUT2D eigenvalue weighted by atomic mass is 10.1. The van der Waals surface area contributed by atoms with Gasteiger partial charge in [0.15, 0.2) is 5.76 Å². The smallest absolute Gasteiger partial charge is 0.254 e. The lowest BCUT2D eigenvalue weighted by molar-refractivity contribution is 0.0714. The second-order valence-corrected chi connectivity index (χ2v) is 6.29. The van der Waals surface area contributed by atoms with Crippen LogP contribution in [0, 0.1) is 13.8 Å². The number of likely N-dealkylation sites (tertiary alicyclic amines) is 1. The summed E-state index contributed by atoms with van der Waals surface area (Å²) in [6, 6.07) is 7.64. The molecule has 2 heterocycles. The van der Waals surface area contributed by atoms with Gasteiger partial charge in [-0.25, -0.2) is 0 Å². The highest BCUT2D eigenvalue weighted by molar-refractivity contribution is 9.10. The number of carbonyl (C=O) groups excluding carboxylic acids is 1. The predicted molar refractivity (Wildman–Crippen MR) is 83.1 cm³/mol. The third-order valence-electron chi connectivity index (χ3n) is 3.99. The lowest BCUT2D eigenvalue weighted by Gasteiger charge is -2.23. The average molecular weight is 349 g/mol. The number of amides is 1. The van der Waals surface area contributed by atoms with E-state index in [0.717, 1.165) is 46.4 Å². The molecule has 0 saturated carbocycles. The van der Waals surface area contributed by atoms with E-state index < -0.39 is 0 Å². The minimum atomic E-state index is -0.00270. The van der Waals surface area contributed by atoms with Crippen molar-refractivity contribution in [1.29, 1.82) is 0 Å². The standard InChI is InChI=1S/C16H17BrN2O2/c1-10-9-15(21-18-10)14-7-4-8-19(14)16(20)12-5-3-6-13(17)11(12)2/h3,5-6,9,14H,4,7-8H2,1-2H3. The molecule has 1 aromatic carbocycles. The van der Waals surface area contributed by atoms with Crippen LogP contribution in [-0.4, -0.2) is 22.5 Å². The van der Waals surface area contributed by atoms with Gasteiger partial charge in [0, 0.05) is 22.6 Å². The summed E-state index contributed by atoms with van der Waals surface area (Å²) >= 11 is 3.49. The van der Waals surface area contributed by atoms with Crippen molar-refractivity contribution in [2.45, 2.75) is 32.7 Å². The van der Waals surface area contributed by atoms with Crippen LogP contribution in [0.25, 0.3) is 0 Å². The van der Waals surface area contributed by atoms with E-state index in [1.54, 1.807) is 0 Å². The van der Waals surface area contributed by atoms with Crippen LogP contribution >= 0.6 is 15.9 Å². The lowest BCUT2D eigenvalue weighted by Crippen LogP contribution is -2.31. The largest absolute Gasteiger partial charge is 0.359 e. The molecule has 5 heteroatoms. The number of nitrogens with zero attached hydrogens (tertiary/aromatic N) is 2. The van der Waals surface area contributed by atoms with Crippen LogP contribution in [0.1, 0.15) is 46.3 Å². The Balaban J connectivity index is 1.91. The first-order valence-electron chi connectivity index (χ1n) is 7.07. The Morgan fingerprint density at radius 1 is 1.43 bits per heavy atom. The average Bonchev–Trinajstić information content (AvgIpc) is 3.09. The SMILES string of the molecule is Cc1cc(C2CCCN2C(=O)c2cccc(Br)c2C)on1. The van der Waals surface area contributed by atoms with Gasteiger partial charge in [0.1, 0.15) is 0 Å². The molecule has 21 heavy (non-hydrogen) atoms. The van der Waals surface area contributed by atoms with Gasteiger partial charge < -0.3 is 9.42 Å². The van der Waals surface area contributed by atoms with E-state index in [9.17, 15) is 4.79 Å². The van der Waals surface area contributed by atoms with Gasteiger partial charge in [-0.2, -0.15) is 0 Å². The van der Waals surface area contributed by atoms with Gasteiger partial charge >= 0.3 is 0 Å². The van der Waals surface area contributed by atoms with Crippen LogP contribution in [0.2, 0.25) is 0 Å². The minimum absolute atomic E-state index is 0.00270. The number of rotatable bonds is 2. The van der Waals surface area contributed by atoms with Crippen LogP contribution in [0.5, 0.6) is 0 Å². The highest BCUT2D eigenvalue weighted by atomic mass is 79.9. The topological polar surface area (TPSA) is 46.3 Å². The number of aryl methyl sites for hydroxylation is 1. The van der Waals surface area contributed by atoms with Gasteiger partial charge in [-0.05, 0) is 44.4 Å². The summed E-state index contributed by atoms with van der Waals surface area (Å²) in [4.78, 5) is 14.8. The van der Waals surface area contributed by atoms with Gasteiger partial charge in [0.25, 0.3) is 5.91 Å². The number of halogens is 1. The van der Waals surface area contributed by atoms with Crippen LogP contribution < -0.4 is 0 Å². The summed E-state index contributed by atoms with van der Waals surface area (Å²) in [7, 11) is 0. The Hall–Kier alpha value is -1.62. The van der Waals surface area contributed by atoms with E-state index in [0.29, 0.717) is 0 Å². The van der Waals surface area contributed by atoms with Crippen molar-refractivity contribution in [2.24, 2.45) is 0 Å². The molecule has 0 radical (unpaired) electrons. The summed E-state index contributed by atoms with van der Waals surface area (Å²) in [6.45, 7) is 4.61. The van der Waals surface area contributed by atoms with E-state index >= 15 is 0 Å². The number of aromatic nitrogens is 1. The zero-order valence-electron chi connectivity index (χ0n) is 12.1. The Kier molecular flexibility index (Phi) is 3.85. The predicted octanol–water partition coefficient (Wildman–Crippen LogP) is 4.03. The molecule has 1 aromatic heterocycles. The van der Waals surface area contributed by atoms with Crippen LogP contribution in [0.15, 0.2) is 33.3 Å². The quantitative estimate of drug-likeness (QED) is 0.822. The first-order chi connectivity index (χ1) is 10.1. The molecule has 0 N–H and O–H groups in total. The van der Waals surface area contributed by atoms with Crippen molar-refractivity contribution in [2.75, 3.05) is 6.54 Å². The molecule has 0 spiro atoms. The van der Waals surface area contributed by atoms with Gasteiger partial charge in [0.2, 0.25) is 0 Å². The molecule has 1 unspecified atom stereocenters. The molecule has 2 aromatic rings. The summed E-state index contributed by atoms with van der Waals surface area (Å²) in [5.74, 6) is 0.844. The fourth-order valence-corrected chi connectivity index (χ4v) is 3.21. The Morgan fingerprint density at radius 3 is 2.95 bits per heavy atom. The summed E-state index contributed by atoms with van der Waals surface area (Å²) < 4.78 is 6.32. The second kappa shape index (κ2) is 5.64. The maximum Gasteiger partial charge on any atom is 0.254 e. The first-order valence-corrected chi connectivity index (χ1v) is 7.86. The zero-order chi connectivity index (χ0) is 15.0. The molecular weight excluding hydrogens is 332 g/mol. The Morgan fingerprint density at radius 2 is 2.24 bits per heavy atom. The minimum Gasteiger partial charge on any atom is -0.359 e. The molecule has 1 amide bonds. The van der Waals surface area contributed by atoms with Gasteiger partial charge in [-0.1, -0.05) is 27.2 Å². The zero-order valence-corrected chi connectivity index (χ0v) is 13.7. The van der Waals surface area contributed by atoms with Gasteiger partial charge in [-0.15, -0.1) is 0 Å². The fraction of sp³-hybridized carbons (Fsp3) is 0.375. The third kappa shape index (κ3) is 2.62. The summed E-state index contributed by atoms with van der Waals surface area (Å²) in [5, 5.41) is 3.94. The number of hydrogen-bond acceptors (Lipinski definition) is 3. The van der Waals surface area contributed by atoms with Gasteiger partial charge in [-0.3, -0.25) is 4.79 Å².